The van der Waals surface area contributed by atoms with Gasteiger partial charge in [0.1, 0.15) is 0 Å². The highest BCUT2D eigenvalue weighted by Gasteiger charge is 2.49. The summed E-state index contributed by atoms with van der Waals surface area (Å²) in [6, 6.07) is 15.9. The smallest absolute Gasteiger partial charge is 0.269 e. The lowest BCUT2D eigenvalue weighted by atomic mass is 9.65. The predicted molar refractivity (Wildman–Crippen MR) is 137 cm³/mol. The van der Waals surface area contributed by atoms with Crippen molar-refractivity contribution in [3.05, 3.63) is 58.6 Å². The Balaban J connectivity index is 1.45. The second-order valence-electron chi connectivity index (χ2n) is 11.1. The zero-order valence-electron chi connectivity index (χ0n) is 20.0. The molecule has 1 amide bonds. The van der Waals surface area contributed by atoms with Crippen molar-refractivity contribution in [3.63, 3.8) is 0 Å². The highest BCUT2D eigenvalue weighted by molar-refractivity contribution is 9.10. The maximum atomic E-state index is 12.4. The van der Waals surface area contributed by atoms with E-state index in [4.69, 9.17) is 0 Å². The Morgan fingerprint density at radius 3 is 2.68 bits per heavy atom. The van der Waals surface area contributed by atoms with Crippen molar-refractivity contribution in [2.24, 2.45) is 21.1 Å². The van der Waals surface area contributed by atoms with Gasteiger partial charge in [0, 0.05) is 22.4 Å². The number of halogens is 1. The summed E-state index contributed by atoms with van der Waals surface area (Å²) in [7, 11) is 0. The topological polar surface area (TPSA) is 70.2 Å². The lowest BCUT2D eigenvalue weighted by molar-refractivity contribution is -0.117. The average Bonchev–Trinajstić information content (AvgIpc) is 3.15. The Hall–Kier alpha value is -2.51. The zero-order valence-corrected chi connectivity index (χ0v) is 21.5. The number of likely N-dealkylation sites (tertiary alicyclic amines) is 1. The van der Waals surface area contributed by atoms with Gasteiger partial charge < -0.3 is 5.11 Å². The summed E-state index contributed by atoms with van der Waals surface area (Å²) in [6.07, 6.45) is 3.76. The summed E-state index contributed by atoms with van der Waals surface area (Å²) in [5.41, 5.74) is 2.75. The molecule has 6 nitrogen and oxygen atoms in total. The Labute approximate surface area is 208 Å². The van der Waals surface area contributed by atoms with E-state index in [1.807, 2.05) is 53.1 Å². The maximum Gasteiger partial charge on any atom is 0.269 e. The molecule has 1 N–H and O–H groups in total. The van der Waals surface area contributed by atoms with Crippen molar-refractivity contribution in [2.45, 2.75) is 59.2 Å². The third-order valence-electron chi connectivity index (χ3n) is 7.28. The van der Waals surface area contributed by atoms with E-state index in [0.29, 0.717) is 29.2 Å². The monoisotopic (exact) mass is 522 g/mol. The average molecular weight is 523 g/mol. The Morgan fingerprint density at radius 2 is 1.91 bits per heavy atom. The van der Waals surface area contributed by atoms with E-state index in [2.05, 4.69) is 51.8 Å². The Kier molecular flexibility index (Phi) is 5.89. The van der Waals surface area contributed by atoms with Crippen molar-refractivity contribution in [1.82, 2.24) is 9.47 Å². The standard InChI is InChI=1S/C27H31BrN4O2/c1-26(2)13-20-14-27(3,15-26)16-31(20)17-32-22-10-9-19(28)12-21(22)24(25(32)34)30-29-23(33)11-18-7-5-4-6-8-18/h4-10,12,20,34H,11,13-17H2,1-3H3/t20-,27-/m0/s1. The van der Waals surface area contributed by atoms with Crippen LogP contribution in [-0.2, 0) is 17.9 Å². The zero-order chi connectivity index (χ0) is 24.1. The van der Waals surface area contributed by atoms with Crippen LogP contribution in [0.15, 0.2) is 63.2 Å². The van der Waals surface area contributed by atoms with Gasteiger partial charge in [-0.1, -0.05) is 67.0 Å². The molecule has 0 spiro atoms. The number of carbonyl (C=O) groups excluding carboxylic acids is 1. The number of aromatic nitrogens is 1. The quantitative estimate of drug-likeness (QED) is 0.373. The van der Waals surface area contributed by atoms with Crippen LogP contribution in [0.2, 0.25) is 0 Å². The van der Waals surface area contributed by atoms with Gasteiger partial charge >= 0.3 is 0 Å². The molecule has 1 aliphatic carbocycles. The molecule has 0 radical (unpaired) electrons. The van der Waals surface area contributed by atoms with Gasteiger partial charge in [-0.05, 0) is 53.9 Å². The second-order valence-corrected chi connectivity index (χ2v) is 12.0. The number of hydrogen-bond acceptors (Lipinski definition) is 4. The van der Waals surface area contributed by atoms with Crippen molar-refractivity contribution in [2.75, 3.05) is 6.54 Å². The molecule has 5 rings (SSSR count). The minimum absolute atomic E-state index is 0.0511. The van der Waals surface area contributed by atoms with E-state index in [-0.39, 0.29) is 18.2 Å². The number of aromatic hydroxyl groups is 1. The van der Waals surface area contributed by atoms with Crippen LogP contribution in [0.25, 0.3) is 10.9 Å². The number of azo groups is 1. The molecule has 3 aromatic rings. The van der Waals surface area contributed by atoms with Crippen LogP contribution in [0.5, 0.6) is 5.88 Å². The normalized spacial score (nSPS) is 24.3. The van der Waals surface area contributed by atoms with E-state index in [1.165, 1.54) is 12.8 Å². The summed E-state index contributed by atoms with van der Waals surface area (Å²) < 4.78 is 2.80. The summed E-state index contributed by atoms with van der Waals surface area (Å²) in [4.78, 5) is 14.9. The molecule has 1 aliphatic heterocycles. The SMILES string of the molecule is CC1(C)C[C@H]2C[C@](C)(CN2Cn2c(O)c(N=NC(=O)Cc3ccccc3)c3cc(Br)ccc32)C1. The first kappa shape index (κ1) is 23.2. The molecule has 7 heteroatoms. The van der Waals surface area contributed by atoms with Crippen LogP contribution in [0.4, 0.5) is 5.69 Å². The van der Waals surface area contributed by atoms with Crippen LogP contribution in [-0.4, -0.2) is 33.1 Å². The molecule has 1 aromatic heterocycles. The summed E-state index contributed by atoms with van der Waals surface area (Å²) in [6.45, 7) is 8.73. The van der Waals surface area contributed by atoms with E-state index in [0.717, 1.165) is 33.9 Å². The van der Waals surface area contributed by atoms with E-state index < -0.39 is 0 Å². The van der Waals surface area contributed by atoms with E-state index in [1.54, 1.807) is 0 Å². The first-order chi connectivity index (χ1) is 16.1. The third-order valence-corrected chi connectivity index (χ3v) is 7.77. The van der Waals surface area contributed by atoms with Gasteiger partial charge in [-0.15, -0.1) is 10.2 Å². The molecular formula is C27H31BrN4O2. The van der Waals surface area contributed by atoms with Crippen LogP contribution in [0.3, 0.4) is 0 Å². The van der Waals surface area contributed by atoms with Gasteiger partial charge in [-0.25, -0.2) is 0 Å². The number of fused-ring (bicyclic) bond motifs is 3. The summed E-state index contributed by atoms with van der Waals surface area (Å²) >= 11 is 3.53. The van der Waals surface area contributed by atoms with Crippen molar-refractivity contribution in [1.29, 1.82) is 0 Å². The Morgan fingerprint density at radius 1 is 1.15 bits per heavy atom. The van der Waals surface area contributed by atoms with E-state index in [9.17, 15) is 9.90 Å². The van der Waals surface area contributed by atoms with Crippen molar-refractivity contribution < 1.29 is 9.90 Å². The number of amides is 1. The Bertz CT molecular complexity index is 1270. The number of benzene rings is 2. The van der Waals surface area contributed by atoms with Gasteiger partial charge in [0.25, 0.3) is 5.91 Å². The minimum atomic E-state index is -0.343. The lowest BCUT2D eigenvalue weighted by Crippen LogP contribution is -2.35. The van der Waals surface area contributed by atoms with Crippen LogP contribution in [0.1, 0.15) is 45.6 Å². The van der Waals surface area contributed by atoms with Gasteiger partial charge in [0.05, 0.1) is 18.6 Å². The van der Waals surface area contributed by atoms with Crippen LogP contribution < -0.4 is 0 Å². The maximum absolute atomic E-state index is 12.4. The highest BCUT2D eigenvalue weighted by atomic mass is 79.9. The van der Waals surface area contributed by atoms with Crippen LogP contribution >= 0.6 is 15.9 Å². The fourth-order valence-corrected chi connectivity index (χ4v) is 6.73. The fraction of sp³-hybridized carbons (Fsp3) is 0.444. The largest absolute Gasteiger partial charge is 0.493 e. The number of rotatable bonds is 5. The number of carbonyl (C=O) groups is 1. The van der Waals surface area contributed by atoms with Crippen molar-refractivity contribution >= 4 is 38.4 Å². The molecule has 2 bridgehead atoms. The molecular weight excluding hydrogens is 492 g/mol. The molecule has 2 aromatic carbocycles. The third kappa shape index (κ3) is 4.56. The molecule has 1 saturated carbocycles. The number of hydrogen-bond donors (Lipinski definition) is 1. The molecule has 0 unspecified atom stereocenters. The molecule has 2 aliphatic rings. The molecule has 1 saturated heterocycles. The number of nitrogens with zero attached hydrogens (tertiary/aromatic N) is 4. The summed E-state index contributed by atoms with van der Waals surface area (Å²) in [5.74, 6) is -0.291. The first-order valence-corrected chi connectivity index (χ1v) is 12.7. The molecule has 178 valence electrons. The predicted octanol–water partition coefficient (Wildman–Crippen LogP) is 6.82. The van der Waals surface area contributed by atoms with Crippen molar-refractivity contribution in [3.8, 4) is 5.88 Å². The second kappa shape index (κ2) is 8.61. The minimum Gasteiger partial charge on any atom is -0.493 e. The van der Waals surface area contributed by atoms with E-state index >= 15 is 0 Å². The molecule has 2 atom stereocenters. The van der Waals surface area contributed by atoms with Gasteiger partial charge in [-0.3, -0.25) is 14.3 Å². The fourth-order valence-electron chi connectivity index (χ4n) is 6.37. The molecule has 34 heavy (non-hydrogen) atoms. The lowest BCUT2D eigenvalue weighted by Gasteiger charge is -2.40. The highest BCUT2D eigenvalue weighted by Crippen LogP contribution is 2.53. The first-order valence-electron chi connectivity index (χ1n) is 11.9. The van der Waals surface area contributed by atoms with Gasteiger partial charge in [0.15, 0.2) is 5.69 Å². The summed E-state index contributed by atoms with van der Waals surface area (Å²) in [5, 5.41) is 20.2. The van der Waals surface area contributed by atoms with Gasteiger partial charge in [-0.2, -0.15) is 0 Å². The van der Waals surface area contributed by atoms with Gasteiger partial charge in [0.2, 0.25) is 5.88 Å². The molecule has 2 heterocycles. The van der Waals surface area contributed by atoms with Crippen LogP contribution in [0, 0.1) is 10.8 Å². The molecule has 2 fully saturated rings.